The van der Waals surface area contributed by atoms with Crippen molar-refractivity contribution in [3.05, 3.63) is 62.1 Å². The molecule has 0 atom stereocenters. The summed E-state index contributed by atoms with van der Waals surface area (Å²) in [7, 11) is 0. The molecule has 0 saturated heterocycles. The number of ether oxygens (including phenoxy) is 1. The lowest BCUT2D eigenvalue weighted by molar-refractivity contribution is -0.385. The molecular weight excluding hydrogens is 350 g/mol. The molecule has 2 aromatic carbocycles. The van der Waals surface area contributed by atoms with E-state index in [0.29, 0.717) is 0 Å². The average Bonchev–Trinajstić information content (AvgIpc) is 2.43. The third kappa shape index (κ3) is 2.98. The first-order valence-electron chi connectivity index (χ1n) is 5.44. The average molecular weight is 355 g/mol. The topological polar surface area (TPSA) is 76.2 Å². The molecule has 106 valence electrons. The van der Waals surface area contributed by atoms with Gasteiger partial charge in [0.25, 0.3) is 0 Å². The van der Waals surface area contributed by atoms with Crippen LogP contribution < -0.4 is 4.74 Å². The van der Waals surface area contributed by atoms with E-state index in [-0.39, 0.29) is 15.8 Å². The molecule has 5 nitrogen and oxygen atoms in total. The number of hydrogen-bond acceptors (Lipinski definition) is 4. The third-order valence-electron chi connectivity index (χ3n) is 2.47. The molecule has 0 N–H and O–H groups in total. The van der Waals surface area contributed by atoms with Crippen LogP contribution in [0.4, 0.5) is 14.5 Å². The molecule has 0 amide bonds. The minimum atomic E-state index is -1.13. The molecule has 0 aromatic heterocycles. The van der Waals surface area contributed by atoms with Gasteiger partial charge in [-0.25, -0.2) is 8.78 Å². The van der Waals surface area contributed by atoms with Gasteiger partial charge in [0, 0.05) is 6.07 Å². The van der Waals surface area contributed by atoms with Crippen LogP contribution in [0.5, 0.6) is 11.5 Å². The fraction of sp³-hybridized carbons (Fsp3) is 0. The third-order valence-corrected chi connectivity index (χ3v) is 3.10. The predicted octanol–water partition coefficient (Wildman–Crippen LogP) is 4.30. The number of rotatable bonds is 3. The zero-order valence-corrected chi connectivity index (χ0v) is 11.7. The van der Waals surface area contributed by atoms with Crippen molar-refractivity contribution >= 4 is 21.6 Å². The maximum atomic E-state index is 13.7. The summed E-state index contributed by atoms with van der Waals surface area (Å²) in [5.74, 6) is -3.40. The zero-order chi connectivity index (χ0) is 15.6. The minimum Gasteiger partial charge on any atom is -0.443 e. The largest absolute Gasteiger partial charge is 0.443 e. The van der Waals surface area contributed by atoms with E-state index in [4.69, 9.17) is 10.00 Å². The highest BCUT2D eigenvalue weighted by Crippen LogP contribution is 2.39. The molecule has 0 unspecified atom stereocenters. The molecule has 0 radical (unpaired) electrons. The standard InChI is InChI=1S/C13H5BrF2N2O3/c14-8-2-1-3-11(18(19)20)12(8)21-13-9(15)4-7(6-17)5-10(13)16/h1-5H. The van der Waals surface area contributed by atoms with Crippen LogP contribution in [0.3, 0.4) is 0 Å². The van der Waals surface area contributed by atoms with Crippen LogP contribution in [0.25, 0.3) is 0 Å². The highest BCUT2D eigenvalue weighted by Gasteiger charge is 2.22. The molecule has 2 aromatic rings. The van der Waals surface area contributed by atoms with Gasteiger partial charge in [0.1, 0.15) is 0 Å². The summed E-state index contributed by atoms with van der Waals surface area (Å²) >= 11 is 3.02. The highest BCUT2D eigenvalue weighted by molar-refractivity contribution is 9.10. The van der Waals surface area contributed by atoms with Gasteiger partial charge < -0.3 is 4.74 Å². The number of nitro benzene ring substituents is 1. The maximum Gasteiger partial charge on any atom is 0.312 e. The van der Waals surface area contributed by atoms with Crippen molar-refractivity contribution in [1.82, 2.24) is 0 Å². The number of nitriles is 1. The Bertz CT molecular complexity index is 751. The van der Waals surface area contributed by atoms with E-state index < -0.39 is 28.0 Å². The molecular formula is C13H5BrF2N2O3. The van der Waals surface area contributed by atoms with Crippen molar-refractivity contribution in [2.75, 3.05) is 0 Å². The van der Waals surface area contributed by atoms with E-state index >= 15 is 0 Å². The van der Waals surface area contributed by atoms with Crippen LogP contribution in [0.1, 0.15) is 5.56 Å². The second-order valence-electron chi connectivity index (χ2n) is 3.83. The molecule has 2 rings (SSSR count). The van der Waals surface area contributed by atoms with E-state index in [1.807, 2.05) is 0 Å². The van der Waals surface area contributed by atoms with Crippen molar-refractivity contribution in [3.63, 3.8) is 0 Å². The summed E-state index contributed by atoms with van der Waals surface area (Å²) in [4.78, 5) is 10.2. The number of para-hydroxylation sites is 1. The molecule has 0 aliphatic rings. The van der Waals surface area contributed by atoms with Crippen molar-refractivity contribution in [2.45, 2.75) is 0 Å². The van der Waals surface area contributed by atoms with Crippen LogP contribution in [-0.2, 0) is 0 Å². The van der Waals surface area contributed by atoms with Crippen LogP contribution >= 0.6 is 15.9 Å². The first-order valence-corrected chi connectivity index (χ1v) is 6.23. The molecule has 0 heterocycles. The van der Waals surface area contributed by atoms with Gasteiger partial charge in [0.2, 0.25) is 5.75 Å². The molecule has 0 fully saturated rings. The summed E-state index contributed by atoms with van der Waals surface area (Å²) in [6.07, 6.45) is 0. The predicted molar refractivity (Wildman–Crippen MR) is 71.9 cm³/mol. The van der Waals surface area contributed by atoms with E-state index in [1.165, 1.54) is 12.1 Å². The van der Waals surface area contributed by atoms with Gasteiger partial charge in [-0.05, 0) is 34.1 Å². The summed E-state index contributed by atoms with van der Waals surface area (Å²) in [6.45, 7) is 0. The summed E-state index contributed by atoms with van der Waals surface area (Å²) < 4.78 is 32.7. The van der Waals surface area contributed by atoms with Crippen LogP contribution in [0, 0.1) is 33.1 Å². The summed E-state index contributed by atoms with van der Waals surface area (Å²) in [6, 6.07) is 7.11. The SMILES string of the molecule is N#Cc1cc(F)c(Oc2c(Br)cccc2[N+](=O)[O-])c(F)c1. The summed E-state index contributed by atoms with van der Waals surface area (Å²) in [5.41, 5.74) is -0.675. The second-order valence-corrected chi connectivity index (χ2v) is 4.68. The zero-order valence-electron chi connectivity index (χ0n) is 10.1. The Balaban J connectivity index is 2.54. The molecule has 8 heteroatoms. The van der Waals surface area contributed by atoms with Crippen molar-refractivity contribution in [3.8, 4) is 17.6 Å². The first-order chi connectivity index (χ1) is 9.93. The molecule has 0 aliphatic carbocycles. The lowest BCUT2D eigenvalue weighted by Crippen LogP contribution is -1.98. The van der Waals surface area contributed by atoms with E-state index in [0.717, 1.165) is 18.2 Å². The molecule has 0 spiro atoms. The van der Waals surface area contributed by atoms with E-state index in [2.05, 4.69) is 15.9 Å². The van der Waals surface area contributed by atoms with Gasteiger partial charge >= 0.3 is 5.69 Å². The minimum absolute atomic E-state index is 0.167. The fourth-order valence-electron chi connectivity index (χ4n) is 1.57. The van der Waals surface area contributed by atoms with Gasteiger partial charge in [0.05, 0.1) is 21.0 Å². The smallest absolute Gasteiger partial charge is 0.312 e. The Kier molecular flexibility index (Phi) is 4.14. The number of nitrogens with zero attached hydrogens (tertiary/aromatic N) is 2. The van der Waals surface area contributed by atoms with Gasteiger partial charge in [-0.1, -0.05) is 6.07 Å². The van der Waals surface area contributed by atoms with Crippen LogP contribution in [-0.4, -0.2) is 4.92 Å². The Hall–Kier alpha value is -2.53. The molecule has 0 bridgehead atoms. The van der Waals surface area contributed by atoms with E-state index in [9.17, 15) is 18.9 Å². The van der Waals surface area contributed by atoms with Crippen LogP contribution in [0.2, 0.25) is 0 Å². The lowest BCUT2D eigenvalue weighted by Gasteiger charge is -2.10. The van der Waals surface area contributed by atoms with Crippen molar-refractivity contribution in [1.29, 1.82) is 5.26 Å². The molecule has 0 saturated carbocycles. The normalized spacial score (nSPS) is 10.0. The summed E-state index contributed by atoms with van der Waals surface area (Å²) in [5, 5.41) is 19.5. The number of nitro groups is 1. The maximum absolute atomic E-state index is 13.7. The molecule has 0 aliphatic heterocycles. The highest BCUT2D eigenvalue weighted by atomic mass is 79.9. The van der Waals surface area contributed by atoms with Gasteiger partial charge in [-0.2, -0.15) is 5.26 Å². The Morgan fingerprint density at radius 2 is 1.86 bits per heavy atom. The second kappa shape index (κ2) is 5.85. The van der Waals surface area contributed by atoms with Gasteiger partial charge in [-0.15, -0.1) is 0 Å². The monoisotopic (exact) mass is 354 g/mol. The molecule has 21 heavy (non-hydrogen) atoms. The Morgan fingerprint density at radius 1 is 1.24 bits per heavy atom. The van der Waals surface area contributed by atoms with Gasteiger partial charge in [-0.3, -0.25) is 10.1 Å². The van der Waals surface area contributed by atoms with Crippen molar-refractivity contribution in [2.24, 2.45) is 0 Å². The number of hydrogen-bond donors (Lipinski definition) is 0. The number of benzene rings is 2. The quantitative estimate of drug-likeness (QED) is 0.608. The Labute approximate surface area is 125 Å². The fourth-order valence-corrected chi connectivity index (χ4v) is 2.00. The number of halogens is 3. The van der Waals surface area contributed by atoms with Crippen molar-refractivity contribution < 1.29 is 18.4 Å². The van der Waals surface area contributed by atoms with Crippen LogP contribution in [0.15, 0.2) is 34.8 Å². The van der Waals surface area contributed by atoms with Gasteiger partial charge in [0.15, 0.2) is 17.4 Å². The first kappa shape index (κ1) is 14.9. The van der Waals surface area contributed by atoms with E-state index in [1.54, 1.807) is 6.07 Å². The lowest BCUT2D eigenvalue weighted by atomic mass is 10.2. The Morgan fingerprint density at radius 3 is 2.38 bits per heavy atom.